The maximum Gasteiger partial charge on any atom is 0.249 e. The van der Waals surface area contributed by atoms with Crippen LogP contribution < -0.4 is 19.7 Å². The average Bonchev–Trinajstić information content (AvgIpc) is 2.73. The highest BCUT2D eigenvalue weighted by molar-refractivity contribution is 5.60. The van der Waals surface area contributed by atoms with Crippen LogP contribution in [0.4, 0.5) is 17.5 Å². The number of fused-ring (bicyclic) bond motifs is 2. The van der Waals surface area contributed by atoms with Gasteiger partial charge in [-0.25, -0.2) is 0 Å². The van der Waals surface area contributed by atoms with E-state index in [0.29, 0.717) is 19.2 Å². The summed E-state index contributed by atoms with van der Waals surface area (Å²) in [5.74, 6) is 2.76. The minimum Gasteiger partial charge on any atom is -0.486 e. The lowest BCUT2D eigenvalue weighted by Gasteiger charge is -2.29. The number of nitrogens with zero attached hydrogens (tertiary/aromatic N) is 4. The zero-order valence-corrected chi connectivity index (χ0v) is 14.8. The third kappa shape index (κ3) is 3.23. The summed E-state index contributed by atoms with van der Waals surface area (Å²) in [6, 6.07) is 14.2. The molecule has 0 aliphatic carbocycles. The molecule has 7 nitrogen and oxygen atoms in total. The number of hydrogen-bond acceptors (Lipinski definition) is 7. The van der Waals surface area contributed by atoms with Crippen molar-refractivity contribution in [3.63, 3.8) is 0 Å². The molecule has 0 amide bonds. The predicted octanol–water partition coefficient (Wildman–Crippen LogP) is 2.95. The van der Waals surface area contributed by atoms with Crippen LogP contribution in [0.5, 0.6) is 11.5 Å². The van der Waals surface area contributed by atoms with Gasteiger partial charge in [-0.2, -0.15) is 10.1 Å². The van der Waals surface area contributed by atoms with Gasteiger partial charge in [-0.05, 0) is 29.7 Å². The van der Waals surface area contributed by atoms with Gasteiger partial charge in [0.25, 0.3) is 0 Å². The number of aromatic nitrogens is 3. The average molecular weight is 361 g/mol. The van der Waals surface area contributed by atoms with Gasteiger partial charge >= 0.3 is 0 Å². The SMILES string of the molecule is c1ccc2c(c1)CCN(c1cnnc(Nc3ccc4c(c3)OCCO4)n1)C2. The second-order valence-electron chi connectivity index (χ2n) is 6.56. The van der Waals surface area contributed by atoms with Crippen molar-refractivity contribution in [1.29, 1.82) is 0 Å². The van der Waals surface area contributed by atoms with Gasteiger partial charge in [0.05, 0.1) is 6.20 Å². The highest BCUT2D eigenvalue weighted by atomic mass is 16.6. The summed E-state index contributed by atoms with van der Waals surface area (Å²) in [7, 11) is 0. The van der Waals surface area contributed by atoms with Gasteiger partial charge in [0.1, 0.15) is 13.2 Å². The molecule has 2 aliphatic heterocycles. The minimum atomic E-state index is 0.461. The first kappa shape index (κ1) is 15.9. The Morgan fingerprint density at radius 1 is 0.963 bits per heavy atom. The van der Waals surface area contributed by atoms with Crippen LogP contribution in [0.2, 0.25) is 0 Å². The van der Waals surface area contributed by atoms with E-state index in [9.17, 15) is 0 Å². The Balaban J connectivity index is 1.35. The quantitative estimate of drug-likeness (QED) is 0.769. The van der Waals surface area contributed by atoms with Crippen molar-refractivity contribution >= 4 is 17.5 Å². The molecule has 0 atom stereocenters. The molecule has 3 aromatic rings. The van der Waals surface area contributed by atoms with Crippen LogP contribution in [0.25, 0.3) is 0 Å². The largest absolute Gasteiger partial charge is 0.486 e. The van der Waals surface area contributed by atoms with E-state index in [2.05, 4.69) is 49.7 Å². The standard InChI is InChI=1S/C20H19N5O2/c1-2-4-15-13-25(8-7-14(15)3-1)19-12-21-24-20(23-19)22-16-5-6-17-18(11-16)27-10-9-26-17/h1-6,11-12H,7-10,13H2,(H,22,23,24). The third-order valence-corrected chi connectivity index (χ3v) is 4.80. The van der Waals surface area contributed by atoms with Crippen molar-refractivity contribution < 1.29 is 9.47 Å². The zero-order valence-electron chi connectivity index (χ0n) is 14.8. The molecule has 0 bridgehead atoms. The molecule has 0 saturated carbocycles. The van der Waals surface area contributed by atoms with Gasteiger partial charge < -0.3 is 19.7 Å². The molecule has 1 N–H and O–H groups in total. The molecule has 0 radical (unpaired) electrons. The predicted molar refractivity (Wildman–Crippen MR) is 102 cm³/mol. The summed E-state index contributed by atoms with van der Waals surface area (Å²) < 4.78 is 11.2. The Morgan fingerprint density at radius 3 is 2.74 bits per heavy atom. The van der Waals surface area contributed by atoms with Gasteiger partial charge in [0.15, 0.2) is 17.3 Å². The molecule has 27 heavy (non-hydrogen) atoms. The van der Waals surface area contributed by atoms with E-state index in [4.69, 9.17) is 9.47 Å². The Hall–Kier alpha value is -3.35. The third-order valence-electron chi connectivity index (χ3n) is 4.80. The number of anilines is 3. The Morgan fingerprint density at radius 2 is 1.81 bits per heavy atom. The van der Waals surface area contributed by atoms with E-state index in [1.54, 1.807) is 6.20 Å². The molecular weight excluding hydrogens is 342 g/mol. The van der Waals surface area contributed by atoms with Crippen LogP contribution in [0.1, 0.15) is 11.1 Å². The van der Waals surface area contributed by atoms with Gasteiger partial charge in [0.2, 0.25) is 5.95 Å². The molecule has 5 rings (SSSR count). The molecule has 7 heteroatoms. The summed E-state index contributed by atoms with van der Waals surface area (Å²) in [6.07, 6.45) is 2.72. The smallest absolute Gasteiger partial charge is 0.249 e. The van der Waals surface area contributed by atoms with E-state index in [1.165, 1.54) is 11.1 Å². The number of hydrogen-bond donors (Lipinski definition) is 1. The highest BCUT2D eigenvalue weighted by Gasteiger charge is 2.18. The monoisotopic (exact) mass is 361 g/mol. The number of nitrogens with one attached hydrogen (secondary N) is 1. The summed E-state index contributed by atoms with van der Waals surface area (Å²) in [4.78, 5) is 6.87. The fourth-order valence-electron chi connectivity index (χ4n) is 3.44. The van der Waals surface area contributed by atoms with E-state index in [-0.39, 0.29) is 0 Å². The number of rotatable bonds is 3. The van der Waals surface area contributed by atoms with Crippen molar-refractivity contribution in [1.82, 2.24) is 15.2 Å². The number of ether oxygens (including phenoxy) is 2. The Bertz CT molecular complexity index is 978. The maximum absolute atomic E-state index is 5.62. The van der Waals surface area contributed by atoms with Crippen molar-refractivity contribution in [3.8, 4) is 11.5 Å². The molecule has 0 fully saturated rings. The molecule has 2 aliphatic rings. The lowest BCUT2D eigenvalue weighted by molar-refractivity contribution is 0.171. The van der Waals surface area contributed by atoms with Crippen molar-refractivity contribution in [3.05, 3.63) is 59.8 Å². The first-order valence-corrected chi connectivity index (χ1v) is 9.03. The molecule has 2 aromatic carbocycles. The summed E-state index contributed by atoms with van der Waals surface area (Å²) in [5.41, 5.74) is 3.58. The van der Waals surface area contributed by atoms with Crippen LogP contribution in [0.3, 0.4) is 0 Å². The molecule has 136 valence electrons. The molecule has 3 heterocycles. The summed E-state index contributed by atoms with van der Waals surface area (Å²) in [5, 5.41) is 11.4. The zero-order chi connectivity index (χ0) is 18.1. The van der Waals surface area contributed by atoms with Gasteiger partial charge in [-0.1, -0.05) is 24.3 Å². The maximum atomic E-state index is 5.62. The lowest BCUT2D eigenvalue weighted by Crippen LogP contribution is -2.31. The molecule has 1 aromatic heterocycles. The van der Waals surface area contributed by atoms with Crippen LogP contribution >= 0.6 is 0 Å². The van der Waals surface area contributed by atoms with Gasteiger partial charge in [-0.15, -0.1) is 5.10 Å². The van der Waals surface area contributed by atoms with E-state index >= 15 is 0 Å². The fourth-order valence-corrected chi connectivity index (χ4v) is 3.44. The van der Waals surface area contributed by atoms with E-state index in [1.807, 2.05) is 18.2 Å². The first-order chi connectivity index (χ1) is 13.3. The number of benzene rings is 2. The molecule has 0 unspecified atom stereocenters. The van der Waals surface area contributed by atoms with Gasteiger partial charge in [-0.3, -0.25) is 0 Å². The normalized spacial score (nSPS) is 15.2. The van der Waals surface area contributed by atoms with Crippen molar-refractivity contribution in [2.24, 2.45) is 0 Å². The fraction of sp³-hybridized carbons (Fsp3) is 0.250. The highest BCUT2D eigenvalue weighted by Crippen LogP contribution is 2.33. The van der Waals surface area contributed by atoms with Crippen LogP contribution in [0, 0.1) is 0 Å². The lowest BCUT2D eigenvalue weighted by atomic mass is 10.0. The second-order valence-corrected chi connectivity index (χ2v) is 6.56. The van der Waals surface area contributed by atoms with Crippen LogP contribution in [0.15, 0.2) is 48.7 Å². The van der Waals surface area contributed by atoms with E-state index < -0.39 is 0 Å². The molecule has 0 saturated heterocycles. The van der Waals surface area contributed by atoms with Crippen molar-refractivity contribution in [2.45, 2.75) is 13.0 Å². The van der Waals surface area contributed by atoms with Crippen molar-refractivity contribution in [2.75, 3.05) is 30.0 Å². The first-order valence-electron chi connectivity index (χ1n) is 9.03. The summed E-state index contributed by atoms with van der Waals surface area (Å²) in [6.45, 7) is 2.88. The minimum absolute atomic E-state index is 0.461. The summed E-state index contributed by atoms with van der Waals surface area (Å²) >= 11 is 0. The molecule has 0 spiro atoms. The Labute approximate surface area is 157 Å². The van der Waals surface area contributed by atoms with Crippen LogP contribution in [-0.2, 0) is 13.0 Å². The van der Waals surface area contributed by atoms with E-state index in [0.717, 1.165) is 42.5 Å². The van der Waals surface area contributed by atoms with Crippen LogP contribution in [-0.4, -0.2) is 34.9 Å². The Kier molecular flexibility index (Phi) is 3.97. The second kappa shape index (κ2) is 6.75. The van der Waals surface area contributed by atoms with Gasteiger partial charge in [0, 0.05) is 24.8 Å². The topological polar surface area (TPSA) is 72.4 Å². The molecular formula is C20H19N5O2.